The van der Waals surface area contributed by atoms with Gasteiger partial charge in [-0.15, -0.1) is 0 Å². The van der Waals surface area contributed by atoms with E-state index in [4.69, 9.17) is 0 Å². The third-order valence-corrected chi connectivity index (χ3v) is 7.20. The molecule has 0 unspecified atom stereocenters. The lowest BCUT2D eigenvalue weighted by molar-refractivity contribution is -0.385. The summed E-state index contributed by atoms with van der Waals surface area (Å²) in [6.45, 7) is 0.454. The van der Waals surface area contributed by atoms with Crippen LogP contribution in [0.15, 0.2) is 78.9 Å². The fourth-order valence-electron chi connectivity index (χ4n) is 5.77. The highest BCUT2D eigenvalue weighted by Gasteiger charge is 2.52. The van der Waals surface area contributed by atoms with E-state index in [2.05, 4.69) is 0 Å². The Balaban J connectivity index is 1.59. The van der Waals surface area contributed by atoms with Gasteiger partial charge in [0.05, 0.1) is 10.8 Å². The number of carbonyl (C=O) groups excluding carboxylic acids is 1. The van der Waals surface area contributed by atoms with Gasteiger partial charge in [0.25, 0.3) is 11.6 Å². The number of benzene rings is 3. The van der Waals surface area contributed by atoms with Crippen LogP contribution in [-0.4, -0.2) is 39.4 Å². The summed E-state index contributed by atoms with van der Waals surface area (Å²) in [5.74, 6) is -2.44. The number of likely N-dealkylation sites (tertiary alicyclic amines) is 1. The summed E-state index contributed by atoms with van der Waals surface area (Å²) < 4.78 is 0. The number of aliphatic carboxylic acids is 1. The molecule has 3 aromatic rings. The van der Waals surface area contributed by atoms with Crippen LogP contribution in [0.3, 0.4) is 0 Å². The van der Waals surface area contributed by atoms with Crippen molar-refractivity contribution in [1.82, 2.24) is 4.90 Å². The molecule has 1 saturated heterocycles. The van der Waals surface area contributed by atoms with Crippen LogP contribution in [0.5, 0.6) is 0 Å². The number of hydrogen-bond acceptors (Lipinski definition) is 4. The lowest BCUT2D eigenvalue weighted by Gasteiger charge is -2.36. The number of amides is 1. The molecule has 1 N–H and O–H groups in total. The predicted molar refractivity (Wildman–Crippen MR) is 126 cm³/mol. The summed E-state index contributed by atoms with van der Waals surface area (Å²) >= 11 is 0. The highest BCUT2D eigenvalue weighted by molar-refractivity contribution is 5.95. The monoisotopic (exact) mass is 456 g/mol. The van der Waals surface area contributed by atoms with Gasteiger partial charge in [-0.25, -0.2) is 0 Å². The molecule has 1 fully saturated rings. The number of hydrogen-bond donors (Lipinski definition) is 1. The Morgan fingerprint density at radius 1 is 1.00 bits per heavy atom. The van der Waals surface area contributed by atoms with Crippen molar-refractivity contribution in [2.45, 2.75) is 24.8 Å². The minimum atomic E-state index is -1.01. The van der Waals surface area contributed by atoms with Gasteiger partial charge in [-0.2, -0.15) is 0 Å². The number of nitrogens with zero attached hydrogens (tertiary/aromatic N) is 2. The second kappa shape index (κ2) is 8.74. The SMILES string of the molecule is O=C(O)[C@@H]1c2cc([N+](=O)[O-])ccc2C[C@@H]2CN(C(=O)c3ccccc3)[C@@H](Cc3ccccc3)[C@H]21. The Morgan fingerprint density at radius 2 is 1.68 bits per heavy atom. The number of non-ortho nitro benzene ring substituents is 1. The van der Waals surface area contributed by atoms with Crippen molar-refractivity contribution in [3.05, 3.63) is 111 Å². The van der Waals surface area contributed by atoms with E-state index in [1.807, 2.05) is 53.4 Å². The summed E-state index contributed by atoms with van der Waals surface area (Å²) in [6, 6.07) is 23.0. The summed E-state index contributed by atoms with van der Waals surface area (Å²) in [5, 5.41) is 21.7. The molecule has 1 heterocycles. The maximum atomic E-state index is 13.6. The smallest absolute Gasteiger partial charge is 0.311 e. The number of carbonyl (C=O) groups is 2. The van der Waals surface area contributed by atoms with Crippen molar-refractivity contribution < 1.29 is 19.6 Å². The molecule has 0 spiro atoms. The van der Waals surface area contributed by atoms with E-state index >= 15 is 0 Å². The molecule has 7 heteroatoms. The Morgan fingerprint density at radius 3 is 2.32 bits per heavy atom. The van der Waals surface area contributed by atoms with Gasteiger partial charge in [0.15, 0.2) is 0 Å². The molecule has 1 aliphatic heterocycles. The van der Waals surface area contributed by atoms with Crippen molar-refractivity contribution >= 4 is 17.6 Å². The average Bonchev–Trinajstić information content (AvgIpc) is 3.20. The van der Waals surface area contributed by atoms with Crippen molar-refractivity contribution in [2.24, 2.45) is 11.8 Å². The van der Waals surface area contributed by atoms with Gasteiger partial charge in [0.2, 0.25) is 0 Å². The van der Waals surface area contributed by atoms with Gasteiger partial charge in [0, 0.05) is 36.2 Å². The summed E-state index contributed by atoms with van der Waals surface area (Å²) in [5.41, 5.74) is 2.78. The minimum Gasteiger partial charge on any atom is -0.481 e. The molecule has 2 aliphatic rings. The molecule has 4 atom stereocenters. The van der Waals surface area contributed by atoms with Gasteiger partial charge < -0.3 is 10.0 Å². The normalized spacial score (nSPS) is 23.1. The average molecular weight is 456 g/mol. The standard InChI is InChI=1S/C27H24N2O5/c30-26(18-9-5-2-6-10-18)28-16-20-14-19-11-12-21(29(33)34)15-22(19)25(27(31)32)24(20)23(28)13-17-7-3-1-4-8-17/h1-12,15,20,23-25H,13-14,16H2,(H,31,32)/t20-,23+,24+,25-/m1/s1. The van der Waals surface area contributed by atoms with E-state index in [0.717, 1.165) is 11.1 Å². The molecular weight excluding hydrogens is 432 g/mol. The largest absolute Gasteiger partial charge is 0.481 e. The molecule has 3 aromatic carbocycles. The Hall–Kier alpha value is -4.00. The third kappa shape index (κ3) is 3.83. The van der Waals surface area contributed by atoms with Crippen LogP contribution in [-0.2, 0) is 17.6 Å². The van der Waals surface area contributed by atoms with Crippen LogP contribution < -0.4 is 0 Å². The van der Waals surface area contributed by atoms with Crippen LogP contribution >= 0.6 is 0 Å². The summed E-state index contributed by atoms with van der Waals surface area (Å²) in [6.07, 6.45) is 1.11. The van der Waals surface area contributed by atoms with Crippen molar-refractivity contribution in [3.63, 3.8) is 0 Å². The molecule has 172 valence electrons. The molecule has 1 amide bonds. The van der Waals surface area contributed by atoms with Crippen molar-refractivity contribution in [2.75, 3.05) is 6.54 Å². The molecule has 0 radical (unpaired) electrons. The minimum absolute atomic E-state index is 0.0450. The van der Waals surface area contributed by atoms with Crippen LogP contribution in [0, 0.1) is 22.0 Å². The number of fused-ring (bicyclic) bond motifs is 2. The maximum Gasteiger partial charge on any atom is 0.311 e. The van der Waals surface area contributed by atoms with Crippen LogP contribution in [0.25, 0.3) is 0 Å². The number of nitro groups is 1. The summed E-state index contributed by atoms with van der Waals surface area (Å²) in [7, 11) is 0. The topological polar surface area (TPSA) is 101 Å². The number of nitro benzene ring substituents is 1. The van der Waals surface area contributed by atoms with Crippen molar-refractivity contribution in [3.8, 4) is 0 Å². The predicted octanol–water partition coefficient (Wildman–Crippen LogP) is 4.32. The lowest BCUT2D eigenvalue weighted by atomic mass is 9.67. The van der Waals surface area contributed by atoms with Gasteiger partial charge in [-0.1, -0.05) is 54.6 Å². The quantitative estimate of drug-likeness (QED) is 0.455. The van der Waals surface area contributed by atoms with Crippen LogP contribution in [0.4, 0.5) is 5.69 Å². The fourth-order valence-corrected chi connectivity index (χ4v) is 5.77. The van der Waals surface area contributed by atoms with E-state index in [-0.39, 0.29) is 29.5 Å². The first-order valence-electron chi connectivity index (χ1n) is 11.3. The van der Waals surface area contributed by atoms with E-state index < -0.39 is 16.8 Å². The molecule has 0 saturated carbocycles. The fraction of sp³-hybridized carbons (Fsp3) is 0.259. The first-order chi connectivity index (χ1) is 16.4. The molecule has 0 aromatic heterocycles. The molecule has 5 rings (SSSR count). The zero-order valence-corrected chi connectivity index (χ0v) is 18.4. The van der Waals surface area contributed by atoms with E-state index in [0.29, 0.717) is 30.5 Å². The van der Waals surface area contributed by atoms with Gasteiger partial charge in [-0.3, -0.25) is 19.7 Å². The van der Waals surface area contributed by atoms with Gasteiger partial charge >= 0.3 is 5.97 Å². The van der Waals surface area contributed by atoms with Gasteiger partial charge in [0.1, 0.15) is 0 Å². The number of rotatable bonds is 5. The second-order valence-corrected chi connectivity index (χ2v) is 9.08. The maximum absolute atomic E-state index is 13.6. The molecule has 0 bridgehead atoms. The molecule has 34 heavy (non-hydrogen) atoms. The molecule has 7 nitrogen and oxygen atoms in total. The van der Waals surface area contributed by atoms with Crippen molar-refractivity contribution in [1.29, 1.82) is 0 Å². The molecule has 1 aliphatic carbocycles. The highest BCUT2D eigenvalue weighted by atomic mass is 16.6. The van der Waals surface area contributed by atoms with Crippen LogP contribution in [0.2, 0.25) is 0 Å². The third-order valence-electron chi connectivity index (χ3n) is 7.20. The van der Waals surface area contributed by atoms with E-state index in [1.54, 1.807) is 18.2 Å². The zero-order valence-electron chi connectivity index (χ0n) is 18.4. The Bertz CT molecular complexity index is 1240. The zero-order chi connectivity index (χ0) is 23.8. The number of carboxylic acids is 1. The molecular formula is C27H24N2O5. The van der Waals surface area contributed by atoms with Crippen LogP contribution in [0.1, 0.15) is 33.0 Å². The number of carboxylic acid groups (broad SMARTS) is 1. The summed E-state index contributed by atoms with van der Waals surface area (Å²) in [4.78, 5) is 38.9. The van der Waals surface area contributed by atoms with E-state index in [1.165, 1.54) is 12.1 Å². The first-order valence-corrected chi connectivity index (χ1v) is 11.3. The van der Waals surface area contributed by atoms with Gasteiger partial charge in [-0.05, 0) is 47.6 Å². The Kier molecular flexibility index (Phi) is 5.61. The Labute approximate surface area is 196 Å². The first kappa shape index (κ1) is 21.8. The second-order valence-electron chi connectivity index (χ2n) is 9.08. The lowest BCUT2D eigenvalue weighted by Crippen LogP contribution is -2.43. The van der Waals surface area contributed by atoms with E-state index in [9.17, 15) is 24.8 Å². The highest BCUT2D eigenvalue weighted by Crippen LogP contribution is 2.49.